The molecule has 1 aromatic heterocycles. The Hall–Kier alpha value is -2.57. The zero-order valence-corrected chi connectivity index (χ0v) is 11.2. The van der Waals surface area contributed by atoms with Crippen LogP contribution in [0.3, 0.4) is 0 Å². The predicted octanol–water partition coefficient (Wildman–Crippen LogP) is 1.62. The number of nitrogens with one attached hydrogen (secondary N) is 1. The molecule has 0 aliphatic heterocycles. The molecule has 0 fully saturated rings. The lowest BCUT2D eigenvalue weighted by Gasteiger charge is -2.12. The molecular weight excluding hydrogens is 278 g/mol. The number of oxazole rings is 1. The van der Waals surface area contributed by atoms with Crippen LogP contribution in [0.1, 0.15) is 24.8 Å². The highest BCUT2D eigenvalue weighted by Crippen LogP contribution is 2.19. The lowest BCUT2D eigenvalue weighted by atomic mass is 9.93. The van der Waals surface area contributed by atoms with Gasteiger partial charge in [0.1, 0.15) is 0 Å². The number of aliphatic carboxylic acids is 2. The van der Waals surface area contributed by atoms with E-state index in [9.17, 15) is 14.4 Å². The van der Waals surface area contributed by atoms with E-state index in [1.807, 2.05) is 0 Å². The lowest BCUT2D eigenvalue weighted by molar-refractivity contribution is -0.140. The first-order chi connectivity index (χ1) is 9.94. The largest absolute Gasteiger partial charge is 0.481 e. The van der Waals surface area contributed by atoms with E-state index < -0.39 is 23.6 Å². The van der Waals surface area contributed by atoms with Gasteiger partial charge in [0.05, 0.1) is 5.52 Å². The number of benzene rings is 1. The topological polar surface area (TPSA) is 121 Å². The van der Waals surface area contributed by atoms with Crippen LogP contribution in [0.2, 0.25) is 0 Å². The van der Waals surface area contributed by atoms with Crippen LogP contribution in [-0.2, 0) is 16.0 Å². The van der Waals surface area contributed by atoms with Crippen molar-refractivity contribution in [2.75, 3.05) is 0 Å². The van der Waals surface area contributed by atoms with E-state index in [-0.39, 0.29) is 12.8 Å². The highest BCUT2D eigenvalue weighted by molar-refractivity contribution is 5.73. The van der Waals surface area contributed by atoms with E-state index in [2.05, 4.69) is 4.98 Å². The number of rotatable bonds is 7. The number of hydrogen-bond acceptors (Lipinski definition) is 4. The Morgan fingerprint density at radius 3 is 2.48 bits per heavy atom. The number of carbonyl (C=O) groups is 2. The fourth-order valence-corrected chi connectivity index (χ4v) is 2.29. The molecule has 0 saturated carbocycles. The zero-order valence-electron chi connectivity index (χ0n) is 11.2. The lowest BCUT2D eigenvalue weighted by Crippen LogP contribution is -2.13. The van der Waals surface area contributed by atoms with Crippen molar-refractivity contribution in [3.63, 3.8) is 0 Å². The van der Waals surface area contributed by atoms with Crippen LogP contribution in [0.15, 0.2) is 27.4 Å². The molecule has 0 atom stereocenters. The van der Waals surface area contributed by atoms with Crippen molar-refractivity contribution in [1.29, 1.82) is 0 Å². The van der Waals surface area contributed by atoms with E-state index >= 15 is 0 Å². The minimum atomic E-state index is -1.01. The van der Waals surface area contributed by atoms with Gasteiger partial charge >= 0.3 is 17.7 Å². The van der Waals surface area contributed by atoms with Crippen molar-refractivity contribution in [2.24, 2.45) is 5.92 Å². The minimum absolute atomic E-state index is 0.173. The normalized spacial score (nSPS) is 11.1. The van der Waals surface area contributed by atoms with Crippen LogP contribution in [0.4, 0.5) is 0 Å². The summed E-state index contributed by atoms with van der Waals surface area (Å²) in [5, 5.41) is 17.6. The number of aromatic nitrogens is 1. The van der Waals surface area contributed by atoms with Gasteiger partial charge in [-0.25, -0.2) is 4.79 Å². The summed E-state index contributed by atoms with van der Waals surface area (Å²) < 4.78 is 4.95. The Kier molecular flexibility index (Phi) is 4.42. The maximum absolute atomic E-state index is 11.1. The number of carboxylic acid groups (broad SMARTS) is 2. The van der Waals surface area contributed by atoms with Gasteiger partial charge in [0.15, 0.2) is 5.58 Å². The van der Waals surface area contributed by atoms with Crippen molar-refractivity contribution < 1.29 is 24.2 Å². The molecule has 3 N–H and O–H groups in total. The number of aromatic amines is 1. The van der Waals surface area contributed by atoms with Gasteiger partial charge in [-0.05, 0) is 36.5 Å². The number of H-pyrrole nitrogens is 1. The van der Waals surface area contributed by atoms with Crippen molar-refractivity contribution in [3.8, 4) is 0 Å². The average molecular weight is 293 g/mol. The van der Waals surface area contributed by atoms with Crippen LogP contribution in [0, 0.1) is 5.92 Å². The third-order valence-electron chi connectivity index (χ3n) is 3.25. The fraction of sp³-hybridized carbons (Fsp3) is 0.357. The summed E-state index contributed by atoms with van der Waals surface area (Å²) in [6.07, 6.45) is 0.621. The molecule has 0 spiro atoms. The van der Waals surface area contributed by atoms with E-state index in [4.69, 9.17) is 14.6 Å². The SMILES string of the molecule is O=C(O)CC(CCc1ccc2[nH]c(=O)oc2c1)CC(=O)O. The molecule has 1 heterocycles. The first kappa shape index (κ1) is 14.8. The highest BCUT2D eigenvalue weighted by Gasteiger charge is 2.17. The monoisotopic (exact) mass is 293 g/mol. The number of aryl methyl sites for hydroxylation is 1. The molecule has 0 radical (unpaired) electrons. The second-order valence-electron chi connectivity index (χ2n) is 4.95. The number of fused-ring (bicyclic) bond motifs is 1. The maximum Gasteiger partial charge on any atom is 0.417 e. The van der Waals surface area contributed by atoms with E-state index in [1.165, 1.54) is 0 Å². The van der Waals surface area contributed by atoms with Gasteiger partial charge in [-0.2, -0.15) is 0 Å². The van der Waals surface area contributed by atoms with Crippen LogP contribution < -0.4 is 5.76 Å². The summed E-state index contributed by atoms with van der Waals surface area (Å²) in [4.78, 5) is 35.0. The Bertz CT molecular complexity index is 698. The Morgan fingerprint density at radius 1 is 1.19 bits per heavy atom. The zero-order chi connectivity index (χ0) is 15.4. The maximum atomic E-state index is 11.1. The summed E-state index contributed by atoms with van der Waals surface area (Å²) in [6, 6.07) is 5.21. The molecule has 2 aromatic rings. The standard InChI is InChI=1S/C14H15NO6/c16-12(17)6-9(7-13(18)19)2-1-8-3-4-10-11(5-8)21-14(20)15-10/h3-5,9H,1-2,6-7H2,(H,15,20)(H,16,17)(H,18,19). The Morgan fingerprint density at radius 2 is 1.86 bits per heavy atom. The van der Waals surface area contributed by atoms with Crippen LogP contribution in [0.25, 0.3) is 11.1 Å². The molecule has 21 heavy (non-hydrogen) atoms. The number of hydrogen-bond donors (Lipinski definition) is 3. The first-order valence-corrected chi connectivity index (χ1v) is 6.49. The predicted molar refractivity (Wildman–Crippen MR) is 73.2 cm³/mol. The summed E-state index contributed by atoms with van der Waals surface area (Å²) in [7, 11) is 0. The summed E-state index contributed by atoms with van der Waals surface area (Å²) in [6.45, 7) is 0. The smallest absolute Gasteiger partial charge is 0.417 e. The fourth-order valence-electron chi connectivity index (χ4n) is 2.29. The highest BCUT2D eigenvalue weighted by atomic mass is 16.4. The third-order valence-corrected chi connectivity index (χ3v) is 3.25. The molecule has 0 saturated heterocycles. The number of carboxylic acids is 2. The summed E-state index contributed by atoms with van der Waals surface area (Å²) in [5.41, 5.74) is 1.90. The third kappa shape index (κ3) is 4.20. The van der Waals surface area contributed by atoms with Gasteiger partial charge in [0, 0.05) is 12.8 Å². The van der Waals surface area contributed by atoms with Crippen molar-refractivity contribution in [1.82, 2.24) is 4.98 Å². The molecule has 1 aromatic carbocycles. The molecule has 2 rings (SSSR count). The van der Waals surface area contributed by atoms with Gasteiger partial charge in [0.25, 0.3) is 0 Å². The second kappa shape index (κ2) is 6.25. The molecule has 7 heteroatoms. The summed E-state index contributed by atoms with van der Waals surface area (Å²) in [5.74, 6) is -2.97. The van der Waals surface area contributed by atoms with Gasteiger partial charge in [-0.15, -0.1) is 0 Å². The van der Waals surface area contributed by atoms with Crippen LogP contribution in [-0.4, -0.2) is 27.1 Å². The van der Waals surface area contributed by atoms with E-state index in [0.29, 0.717) is 23.9 Å². The molecule has 0 aliphatic carbocycles. The van der Waals surface area contributed by atoms with Crippen molar-refractivity contribution >= 4 is 23.0 Å². The molecule has 7 nitrogen and oxygen atoms in total. The molecule has 0 amide bonds. The molecule has 0 bridgehead atoms. The minimum Gasteiger partial charge on any atom is -0.481 e. The van der Waals surface area contributed by atoms with Crippen molar-refractivity contribution in [3.05, 3.63) is 34.3 Å². The molecule has 0 aliphatic rings. The van der Waals surface area contributed by atoms with Gasteiger partial charge in [0.2, 0.25) is 0 Å². The van der Waals surface area contributed by atoms with E-state index in [0.717, 1.165) is 5.56 Å². The molecule has 112 valence electrons. The van der Waals surface area contributed by atoms with E-state index in [1.54, 1.807) is 18.2 Å². The quantitative estimate of drug-likeness (QED) is 0.713. The van der Waals surface area contributed by atoms with Gasteiger partial charge in [-0.1, -0.05) is 6.07 Å². The average Bonchev–Trinajstić information content (AvgIpc) is 2.73. The molecular formula is C14H15NO6. The summed E-state index contributed by atoms with van der Waals surface area (Å²) >= 11 is 0. The Labute approximate surface area is 119 Å². The van der Waals surface area contributed by atoms with Gasteiger partial charge < -0.3 is 14.6 Å². The van der Waals surface area contributed by atoms with Gasteiger partial charge in [-0.3, -0.25) is 14.6 Å². The molecule has 0 unspecified atom stereocenters. The first-order valence-electron chi connectivity index (χ1n) is 6.49. The Balaban J connectivity index is 2.05. The van der Waals surface area contributed by atoms with Crippen molar-refractivity contribution in [2.45, 2.75) is 25.7 Å². The van der Waals surface area contributed by atoms with Crippen LogP contribution in [0.5, 0.6) is 0 Å². The van der Waals surface area contributed by atoms with Crippen LogP contribution >= 0.6 is 0 Å². The second-order valence-corrected chi connectivity index (χ2v) is 4.95.